The Hall–Kier alpha value is -0.510. The Morgan fingerprint density at radius 2 is 1.80 bits per heavy atom. The number of amides is 1. The van der Waals surface area contributed by atoms with Gasteiger partial charge >= 0.3 is 12.4 Å². The van der Waals surface area contributed by atoms with Crippen LogP contribution in [0.25, 0.3) is 0 Å². The summed E-state index contributed by atoms with van der Waals surface area (Å²) in [6, 6.07) is -0.843. The maximum atomic E-state index is 12.5. The van der Waals surface area contributed by atoms with Crippen LogP contribution in [0.2, 0.25) is 0 Å². The van der Waals surface area contributed by atoms with E-state index in [0.717, 1.165) is 0 Å². The molecule has 20 heavy (non-hydrogen) atoms. The lowest BCUT2D eigenvalue weighted by Gasteiger charge is -2.39. The molecule has 1 amide bonds. The summed E-state index contributed by atoms with van der Waals surface area (Å²) in [7, 11) is 0. The van der Waals surface area contributed by atoms with E-state index in [0.29, 0.717) is 4.90 Å². The zero-order valence-corrected chi connectivity index (χ0v) is 11.8. The molecule has 1 rings (SSSR count). The molecule has 1 aliphatic heterocycles. The van der Waals surface area contributed by atoms with Crippen molar-refractivity contribution in [1.82, 2.24) is 4.90 Å². The Morgan fingerprint density at radius 3 is 2.20 bits per heavy atom. The zero-order chi connectivity index (χ0) is 15.7. The van der Waals surface area contributed by atoms with Crippen LogP contribution < -0.4 is 0 Å². The average Bonchev–Trinajstić information content (AvgIpc) is 2.25. The van der Waals surface area contributed by atoms with Crippen LogP contribution >= 0.6 is 15.9 Å². The van der Waals surface area contributed by atoms with Crippen molar-refractivity contribution in [3.63, 3.8) is 0 Å². The summed E-state index contributed by atoms with van der Waals surface area (Å²) in [5.41, 5.74) is 0. The maximum Gasteiger partial charge on any atom is 0.409 e. The summed E-state index contributed by atoms with van der Waals surface area (Å²) in [6.45, 7) is 0.921. The van der Waals surface area contributed by atoms with Gasteiger partial charge in [0, 0.05) is 11.9 Å². The largest absolute Gasteiger partial charge is 0.409 e. The highest BCUT2D eigenvalue weighted by Gasteiger charge is 2.62. The van der Waals surface area contributed by atoms with E-state index in [1.165, 1.54) is 6.92 Å². The SMILES string of the molecule is CC1COC(CBr)CN1C(=O)C(C(F)(F)F)C(F)(F)F. The summed E-state index contributed by atoms with van der Waals surface area (Å²) >= 11 is 3.02. The van der Waals surface area contributed by atoms with Crippen LogP contribution in [0.15, 0.2) is 0 Å². The van der Waals surface area contributed by atoms with E-state index >= 15 is 0 Å². The number of carbonyl (C=O) groups excluding carboxylic acids is 1. The summed E-state index contributed by atoms with van der Waals surface area (Å²) in [4.78, 5) is 12.3. The Bertz CT molecular complexity index is 345. The molecule has 0 spiro atoms. The minimum Gasteiger partial charge on any atom is -0.373 e. The van der Waals surface area contributed by atoms with Crippen molar-refractivity contribution >= 4 is 21.8 Å². The monoisotopic (exact) mass is 371 g/mol. The van der Waals surface area contributed by atoms with Gasteiger partial charge in [-0.1, -0.05) is 15.9 Å². The second-order valence-electron chi connectivity index (χ2n) is 4.47. The highest BCUT2D eigenvalue weighted by atomic mass is 79.9. The van der Waals surface area contributed by atoms with Gasteiger partial charge in [-0.25, -0.2) is 0 Å². The number of nitrogens with zero attached hydrogens (tertiary/aromatic N) is 1. The van der Waals surface area contributed by atoms with Crippen LogP contribution in [0.5, 0.6) is 0 Å². The van der Waals surface area contributed by atoms with E-state index < -0.39 is 36.3 Å². The van der Waals surface area contributed by atoms with Crippen molar-refractivity contribution in [3.8, 4) is 0 Å². The lowest BCUT2D eigenvalue weighted by Crippen LogP contribution is -2.57. The number of halogens is 7. The molecule has 1 saturated heterocycles. The second kappa shape index (κ2) is 6.08. The molecular weight excluding hydrogens is 360 g/mol. The first-order valence-corrected chi connectivity index (χ1v) is 6.72. The molecule has 3 nitrogen and oxygen atoms in total. The smallest absolute Gasteiger partial charge is 0.373 e. The fourth-order valence-electron chi connectivity index (χ4n) is 1.85. The predicted molar refractivity (Wildman–Crippen MR) is 60.3 cm³/mol. The molecule has 0 aromatic carbocycles. The quantitative estimate of drug-likeness (QED) is 0.551. The molecule has 10 heteroatoms. The summed E-state index contributed by atoms with van der Waals surface area (Å²) in [5.74, 6) is -5.97. The van der Waals surface area contributed by atoms with Gasteiger partial charge in [-0.2, -0.15) is 26.3 Å². The number of rotatable bonds is 2. The van der Waals surface area contributed by atoms with E-state index in [1.54, 1.807) is 0 Å². The van der Waals surface area contributed by atoms with Crippen molar-refractivity contribution in [3.05, 3.63) is 0 Å². The van der Waals surface area contributed by atoms with Crippen LogP contribution in [-0.4, -0.2) is 53.8 Å². The fraction of sp³-hybridized carbons (Fsp3) is 0.900. The van der Waals surface area contributed by atoms with Gasteiger partial charge in [0.2, 0.25) is 11.8 Å². The van der Waals surface area contributed by atoms with E-state index in [1.807, 2.05) is 0 Å². The third-order valence-corrected chi connectivity index (χ3v) is 3.58. The second-order valence-corrected chi connectivity index (χ2v) is 5.11. The minimum atomic E-state index is -5.67. The number of hydrogen-bond donors (Lipinski definition) is 0. The van der Waals surface area contributed by atoms with E-state index in [4.69, 9.17) is 4.74 Å². The van der Waals surface area contributed by atoms with Gasteiger partial charge < -0.3 is 9.64 Å². The highest BCUT2D eigenvalue weighted by Crippen LogP contribution is 2.41. The highest BCUT2D eigenvalue weighted by molar-refractivity contribution is 9.09. The third kappa shape index (κ3) is 4.00. The normalized spacial score (nSPS) is 25.1. The number of carbonyl (C=O) groups is 1. The van der Waals surface area contributed by atoms with Gasteiger partial charge in [0.15, 0.2) is 0 Å². The fourth-order valence-corrected chi connectivity index (χ4v) is 2.24. The molecule has 118 valence electrons. The molecule has 0 radical (unpaired) electrons. The standard InChI is InChI=1S/C10H12BrF6NO2/c1-5-4-20-6(2-11)3-18(5)8(19)7(9(12,13)14)10(15,16)17/h5-7H,2-4H2,1H3. The van der Waals surface area contributed by atoms with E-state index in [-0.39, 0.29) is 18.5 Å². The molecule has 0 aromatic heterocycles. The summed E-state index contributed by atoms with van der Waals surface area (Å²) in [5, 5.41) is 0.214. The molecule has 1 heterocycles. The van der Waals surface area contributed by atoms with Crippen LogP contribution in [-0.2, 0) is 9.53 Å². The average molecular weight is 372 g/mol. The molecule has 0 bridgehead atoms. The van der Waals surface area contributed by atoms with Gasteiger partial charge in [-0.05, 0) is 6.92 Å². The van der Waals surface area contributed by atoms with Gasteiger partial charge in [-0.15, -0.1) is 0 Å². The van der Waals surface area contributed by atoms with Gasteiger partial charge in [0.1, 0.15) is 0 Å². The summed E-state index contributed by atoms with van der Waals surface area (Å²) < 4.78 is 80.3. The molecule has 2 unspecified atom stereocenters. The Kier molecular flexibility index (Phi) is 5.34. The Balaban J connectivity index is 3.00. The van der Waals surface area contributed by atoms with Crippen molar-refractivity contribution in [2.45, 2.75) is 31.4 Å². The van der Waals surface area contributed by atoms with E-state index in [2.05, 4.69) is 15.9 Å². The molecular formula is C10H12BrF6NO2. The minimum absolute atomic E-state index is 0.107. The Morgan fingerprint density at radius 1 is 1.30 bits per heavy atom. The maximum absolute atomic E-state index is 12.5. The number of hydrogen-bond acceptors (Lipinski definition) is 2. The van der Waals surface area contributed by atoms with Crippen molar-refractivity contribution in [2.24, 2.45) is 5.92 Å². The molecule has 1 fully saturated rings. The summed E-state index contributed by atoms with van der Waals surface area (Å²) in [6.07, 6.45) is -12.0. The molecule has 1 aliphatic rings. The topological polar surface area (TPSA) is 29.5 Å². The lowest BCUT2D eigenvalue weighted by atomic mass is 10.0. The lowest BCUT2D eigenvalue weighted by molar-refractivity contribution is -0.279. The predicted octanol–water partition coefficient (Wildman–Crippen LogP) is 2.74. The van der Waals surface area contributed by atoms with Crippen molar-refractivity contribution < 1.29 is 35.9 Å². The first-order chi connectivity index (χ1) is 8.98. The van der Waals surface area contributed by atoms with Crippen LogP contribution in [0.1, 0.15) is 6.92 Å². The molecule has 0 aromatic rings. The van der Waals surface area contributed by atoms with Crippen molar-refractivity contribution in [1.29, 1.82) is 0 Å². The number of morpholine rings is 1. The van der Waals surface area contributed by atoms with Crippen LogP contribution in [0, 0.1) is 5.92 Å². The molecule has 0 aliphatic carbocycles. The van der Waals surface area contributed by atoms with Crippen LogP contribution in [0.3, 0.4) is 0 Å². The van der Waals surface area contributed by atoms with Crippen molar-refractivity contribution in [2.75, 3.05) is 18.5 Å². The molecule has 2 atom stereocenters. The van der Waals surface area contributed by atoms with Crippen LogP contribution in [0.4, 0.5) is 26.3 Å². The molecule has 0 N–H and O–H groups in total. The first-order valence-electron chi connectivity index (χ1n) is 5.60. The molecule has 0 saturated carbocycles. The van der Waals surface area contributed by atoms with Gasteiger partial charge in [-0.3, -0.25) is 4.79 Å². The zero-order valence-electron chi connectivity index (χ0n) is 10.3. The van der Waals surface area contributed by atoms with Gasteiger partial charge in [0.25, 0.3) is 0 Å². The number of alkyl halides is 7. The number of ether oxygens (including phenoxy) is 1. The first kappa shape index (κ1) is 17.5. The van der Waals surface area contributed by atoms with Gasteiger partial charge in [0.05, 0.1) is 18.8 Å². The third-order valence-electron chi connectivity index (χ3n) is 2.86. The van der Waals surface area contributed by atoms with E-state index in [9.17, 15) is 31.1 Å². The Labute approximate surface area is 119 Å².